The standard InChI is InChI=1S/C8H11NO3/c1-4(2)7-6(10)5(3-12-7)8(9)11/h3-4,10H,1-2H3,(H2,9,11). The van der Waals surface area contributed by atoms with Crippen LogP contribution in [0.1, 0.15) is 35.9 Å². The number of carbonyl (C=O) groups excluding carboxylic acids is 1. The van der Waals surface area contributed by atoms with Crippen molar-refractivity contribution in [1.29, 1.82) is 0 Å². The van der Waals surface area contributed by atoms with Gasteiger partial charge in [-0.05, 0) is 0 Å². The second kappa shape index (κ2) is 2.89. The second-order valence-electron chi connectivity index (χ2n) is 2.88. The predicted molar refractivity (Wildman–Crippen MR) is 43.0 cm³/mol. The minimum atomic E-state index is -0.678. The number of amides is 1. The fourth-order valence-electron chi connectivity index (χ4n) is 0.951. The fourth-order valence-corrected chi connectivity index (χ4v) is 0.951. The zero-order valence-corrected chi connectivity index (χ0v) is 7.00. The summed E-state index contributed by atoms with van der Waals surface area (Å²) in [6.07, 6.45) is 1.17. The van der Waals surface area contributed by atoms with Crippen molar-refractivity contribution in [1.82, 2.24) is 0 Å². The van der Waals surface area contributed by atoms with E-state index in [1.54, 1.807) is 0 Å². The Morgan fingerprint density at radius 2 is 2.25 bits per heavy atom. The zero-order chi connectivity index (χ0) is 9.30. The van der Waals surface area contributed by atoms with E-state index in [0.29, 0.717) is 5.76 Å². The molecule has 0 bridgehead atoms. The number of nitrogens with two attached hydrogens (primary N) is 1. The molecule has 0 fully saturated rings. The van der Waals surface area contributed by atoms with Gasteiger partial charge in [0, 0.05) is 5.92 Å². The van der Waals surface area contributed by atoms with Gasteiger partial charge in [0.05, 0.1) is 0 Å². The second-order valence-corrected chi connectivity index (χ2v) is 2.88. The van der Waals surface area contributed by atoms with E-state index in [2.05, 4.69) is 0 Å². The van der Waals surface area contributed by atoms with Crippen LogP contribution < -0.4 is 5.73 Å². The number of rotatable bonds is 2. The monoisotopic (exact) mass is 169 g/mol. The van der Waals surface area contributed by atoms with Crippen LogP contribution in [-0.4, -0.2) is 11.0 Å². The number of primary amides is 1. The Labute approximate surface area is 70.0 Å². The maximum atomic E-state index is 10.7. The van der Waals surface area contributed by atoms with E-state index < -0.39 is 5.91 Å². The molecule has 3 N–H and O–H groups in total. The SMILES string of the molecule is CC(C)c1occ(C(N)=O)c1O. The largest absolute Gasteiger partial charge is 0.504 e. The predicted octanol–water partition coefficient (Wildman–Crippen LogP) is 1.21. The molecule has 1 aromatic rings. The molecule has 1 rings (SSSR count). The van der Waals surface area contributed by atoms with Gasteiger partial charge in [0.2, 0.25) is 0 Å². The van der Waals surface area contributed by atoms with Gasteiger partial charge in [0.15, 0.2) is 5.75 Å². The van der Waals surface area contributed by atoms with Crippen LogP contribution in [0.25, 0.3) is 0 Å². The van der Waals surface area contributed by atoms with Gasteiger partial charge in [-0.15, -0.1) is 0 Å². The number of hydrogen-bond acceptors (Lipinski definition) is 3. The van der Waals surface area contributed by atoms with Crippen molar-refractivity contribution in [3.8, 4) is 5.75 Å². The molecule has 0 unspecified atom stereocenters. The molecule has 4 nitrogen and oxygen atoms in total. The molecular formula is C8H11NO3. The molecule has 1 heterocycles. The summed E-state index contributed by atoms with van der Waals surface area (Å²) in [6.45, 7) is 3.70. The van der Waals surface area contributed by atoms with Crippen LogP contribution in [0, 0.1) is 0 Å². The first kappa shape index (κ1) is 8.64. The molecular weight excluding hydrogens is 158 g/mol. The summed E-state index contributed by atoms with van der Waals surface area (Å²) in [5, 5.41) is 9.38. The van der Waals surface area contributed by atoms with Crippen molar-refractivity contribution < 1.29 is 14.3 Å². The van der Waals surface area contributed by atoms with Crippen LogP contribution >= 0.6 is 0 Å². The first-order chi connectivity index (χ1) is 5.54. The van der Waals surface area contributed by atoms with Gasteiger partial charge in [0.25, 0.3) is 5.91 Å². The molecule has 0 atom stereocenters. The maximum Gasteiger partial charge on any atom is 0.255 e. The first-order valence-corrected chi connectivity index (χ1v) is 3.64. The Hall–Kier alpha value is -1.45. The molecule has 66 valence electrons. The molecule has 1 amide bonds. The lowest BCUT2D eigenvalue weighted by Crippen LogP contribution is -2.09. The molecule has 0 aliphatic heterocycles. The van der Waals surface area contributed by atoms with Crippen molar-refractivity contribution in [3.63, 3.8) is 0 Å². The molecule has 4 heteroatoms. The van der Waals surface area contributed by atoms with Crippen LogP contribution in [0.5, 0.6) is 5.75 Å². The molecule has 0 radical (unpaired) electrons. The lowest BCUT2D eigenvalue weighted by Gasteiger charge is -1.99. The minimum Gasteiger partial charge on any atom is -0.504 e. The summed E-state index contributed by atoms with van der Waals surface area (Å²) in [5.41, 5.74) is 5.01. The van der Waals surface area contributed by atoms with E-state index in [4.69, 9.17) is 10.2 Å². The quantitative estimate of drug-likeness (QED) is 0.698. The summed E-state index contributed by atoms with van der Waals surface area (Å²) in [7, 11) is 0. The lowest BCUT2D eigenvalue weighted by atomic mass is 10.1. The number of aromatic hydroxyl groups is 1. The highest BCUT2D eigenvalue weighted by molar-refractivity contribution is 5.95. The van der Waals surface area contributed by atoms with Gasteiger partial charge < -0.3 is 15.3 Å². The van der Waals surface area contributed by atoms with Crippen molar-refractivity contribution in [2.24, 2.45) is 5.73 Å². The van der Waals surface area contributed by atoms with Crippen LogP contribution in [0.4, 0.5) is 0 Å². The van der Waals surface area contributed by atoms with E-state index in [9.17, 15) is 9.90 Å². The van der Waals surface area contributed by atoms with Gasteiger partial charge in [-0.1, -0.05) is 13.8 Å². The summed E-state index contributed by atoms with van der Waals surface area (Å²) < 4.78 is 4.97. The summed E-state index contributed by atoms with van der Waals surface area (Å²) in [5.74, 6) is -0.387. The van der Waals surface area contributed by atoms with Crippen LogP contribution in [0.2, 0.25) is 0 Å². The average molecular weight is 169 g/mol. The van der Waals surface area contributed by atoms with Gasteiger partial charge >= 0.3 is 0 Å². The molecule has 0 saturated carbocycles. The van der Waals surface area contributed by atoms with Crippen molar-refractivity contribution in [3.05, 3.63) is 17.6 Å². The third kappa shape index (κ3) is 1.28. The molecule has 0 spiro atoms. The molecule has 0 saturated heterocycles. The highest BCUT2D eigenvalue weighted by atomic mass is 16.4. The smallest absolute Gasteiger partial charge is 0.255 e. The highest BCUT2D eigenvalue weighted by Gasteiger charge is 2.18. The number of furan rings is 1. The van der Waals surface area contributed by atoms with Gasteiger partial charge in [-0.3, -0.25) is 4.79 Å². The van der Waals surface area contributed by atoms with E-state index in [1.807, 2.05) is 13.8 Å². The summed E-state index contributed by atoms with van der Waals surface area (Å²) in [6, 6.07) is 0. The van der Waals surface area contributed by atoms with E-state index in [1.165, 1.54) is 6.26 Å². The minimum absolute atomic E-state index is 0.0399. The molecule has 1 aromatic heterocycles. The summed E-state index contributed by atoms with van der Waals surface area (Å²) in [4.78, 5) is 10.7. The normalized spacial score (nSPS) is 10.6. The molecule has 0 aliphatic rings. The lowest BCUT2D eigenvalue weighted by molar-refractivity contribution is 0.0997. The van der Waals surface area contributed by atoms with Crippen molar-refractivity contribution in [2.75, 3.05) is 0 Å². The van der Waals surface area contributed by atoms with E-state index >= 15 is 0 Å². The Kier molecular flexibility index (Phi) is 2.08. The molecule has 12 heavy (non-hydrogen) atoms. The van der Waals surface area contributed by atoms with E-state index in [-0.39, 0.29) is 17.2 Å². The fraction of sp³-hybridized carbons (Fsp3) is 0.375. The first-order valence-electron chi connectivity index (χ1n) is 3.64. The van der Waals surface area contributed by atoms with Gasteiger partial charge in [0.1, 0.15) is 17.6 Å². The third-order valence-electron chi connectivity index (χ3n) is 1.58. The topological polar surface area (TPSA) is 76.5 Å². The van der Waals surface area contributed by atoms with Gasteiger partial charge in [-0.25, -0.2) is 0 Å². The third-order valence-corrected chi connectivity index (χ3v) is 1.58. The Balaban J connectivity index is 3.13. The Morgan fingerprint density at radius 3 is 2.50 bits per heavy atom. The molecule has 0 aliphatic carbocycles. The van der Waals surface area contributed by atoms with Crippen LogP contribution in [-0.2, 0) is 0 Å². The highest BCUT2D eigenvalue weighted by Crippen LogP contribution is 2.30. The Morgan fingerprint density at radius 1 is 1.67 bits per heavy atom. The van der Waals surface area contributed by atoms with Crippen molar-refractivity contribution >= 4 is 5.91 Å². The number of hydrogen-bond donors (Lipinski definition) is 2. The van der Waals surface area contributed by atoms with Crippen molar-refractivity contribution in [2.45, 2.75) is 19.8 Å². The average Bonchev–Trinajstić information content (AvgIpc) is 2.30. The number of carbonyl (C=O) groups is 1. The maximum absolute atomic E-state index is 10.7. The molecule has 0 aromatic carbocycles. The summed E-state index contributed by atoms with van der Waals surface area (Å²) >= 11 is 0. The zero-order valence-electron chi connectivity index (χ0n) is 7.00. The van der Waals surface area contributed by atoms with Gasteiger partial charge in [-0.2, -0.15) is 0 Å². The Bertz CT molecular complexity index is 301. The van der Waals surface area contributed by atoms with Crippen LogP contribution in [0.3, 0.4) is 0 Å². The van der Waals surface area contributed by atoms with Crippen LogP contribution in [0.15, 0.2) is 10.7 Å². The van der Waals surface area contributed by atoms with E-state index in [0.717, 1.165) is 0 Å².